The number of carbonyl (C=O) groups excluding carboxylic acids is 2. The third-order valence-electron chi connectivity index (χ3n) is 4.49. The second kappa shape index (κ2) is 8.23. The Balaban J connectivity index is 1.49. The predicted molar refractivity (Wildman–Crippen MR) is 103 cm³/mol. The van der Waals surface area contributed by atoms with Crippen LogP contribution in [0.2, 0.25) is 5.02 Å². The smallest absolute Gasteiger partial charge is 0.312 e. The molecule has 1 fully saturated rings. The number of benzene rings is 2. The van der Waals surface area contributed by atoms with E-state index in [4.69, 9.17) is 11.6 Å². The Morgan fingerprint density at radius 3 is 2.38 bits per heavy atom. The zero-order valence-corrected chi connectivity index (χ0v) is 15.5. The van der Waals surface area contributed by atoms with E-state index >= 15 is 0 Å². The van der Waals surface area contributed by atoms with Gasteiger partial charge in [-0.3, -0.25) is 9.59 Å². The van der Waals surface area contributed by atoms with Crippen LogP contribution in [-0.2, 0) is 16.1 Å². The minimum atomic E-state index is -0.566. The molecule has 1 N–H and O–H groups in total. The Morgan fingerprint density at radius 1 is 1.04 bits per heavy atom. The third-order valence-corrected chi connectivity index (χ3v) is 4.75. The minimum absolute atomic E-state index is 0.311. The molecule has 6 heteroatoms. The van der Waals surface area contributed by atoms with E-state index in [2.05, 4.69) is 35.3 Å². The number of carbonyl (C=O) groups is 2. The van der Waals surface area contributed by atoms with Gasteiger partial charge in [0.15, 0.2) is 0 Å². The average Bonchev–Trinajstić information content (AvgIpc) is 2.67. The van der Waals surface area contributed by atoms with Gasteiger partial charge in [0.1, 0.15) is 0 Å². The first-order valence-corrected chi connectivity index (χ1v) is 9.04. The van der Waals surface area contributed by atoms with Crippen LogP contribution in [0.5, 0.6) is 0 Å². The lowest BCUT2D eigenvalue weighted by atomic mass is 10.2. The van der Waals surface area contributed by atoms with E-state index in [0.29, 0.717) is 24.7 Å². The Kier molecular flexibility index (Phi) is 5.78. The van der Waals surface area contributed by atoms with Crippen molar-refractivity contribution in [2.45, 2.75) is 13.5 Å². The number of hydrogen-bond acceptors (Lipinski definition) is 3. The number of hydrogen-bond donors (Lipinski definition) is 1. The van der Waals surface area contributed by atoms with Crippen molar-refractivity contribution in [1.82, 2.24) is 10.2 Å². The molecule has 1 aliphatic rings. The molecule has 1 heterocycles. The van der Waals surface area contributed by atoms with E-state index in [9.17, 15) is 9.59 Å². The number of nitrogens with zero attached hydrogens (tertiary/aromatic N) is 2. The van der Waals surface area contributed by atoms with Crippen molar-refractivity contribution in [3.8, 4) is 0 Å². The molecular weight excluding hydrogens is 350 g/mol. The summed E-state index contributed by atoms with van der Waals surface area (Å²) >= 11 is 5.84. The summed E-state index contributed by atoms with van der Waals surface area (Å²) in [6.07, 6.45) is 0. The fraction of sp³-hybridized carbons (Fsp3) is 0.300. The van der Waals surface area contributed by atoms with Crippen molar-refractivity contribution in [2.24, 2.45) is 0 Å². The summed E-state index contributed by atoms with van der Waals surface area (Å²) in [6, 6.07) is 15.5. The molecule has 0 atom stereocenters. The Bertz CT molecular complexity index is 784. The quantitative estimate of drug-likeness (QED) is 0.844. The largest absolute Gasteiger partial charge is 0.368 e. The third kappa shape index (κ3) is 4.55. The van der Waals surface area contributed by atoms with Gasteiger partial charge in [0.2, 0.25) is 0 Å². The van der Waals surface area contributed by atoms with E-state index < -0.39 is 11.8 Å². The Labute approximate surface area is 158 Å². The van der Waals surface area contributed by atoms with Crippen molar-refractivity contribution < 1.29 is 9.59 Å². The molecule has 5 nitrogen and oxygen atoms in total. The molecule has 136 valence electrons. The van der Waals surface area contributed by atoms with Crippen LogP contribution in [0.3, 0.4) is 0 Å². The van der Waals surface area contributed by atoms with E-state index in [1.807, 2.05) is 18.2 Å². The van der Waals surface area contributed by atoms with Crippen molar-refractivity contribution in [1.29, 1.82) is 0 Å². The SMILES string of the molecule is Cc1cccc(N2CCN(C(=O)C(=O)NCc3ccc(Cl)cc3)CC2)c1. The zero-order valence-electron chi connectivity index (χ0n) is 14.7. The summed E-state index contributed by atoms with van der Waals surface area (Å²) in [5.41, 5.74) is 3.27. The van der Waals surface area contributed by atoms with Gasteiger partial charge < -0.3 is 15.1 Å². The minimum Gasteiger partial charge on any atom is -0.368 e. The van der Waals surface area contributed by atoms with Crippen molar-refractivity contribution in [3.05, 3.63) is 64.7 Å². The highest BCUT2D eigenvalue weighted by molar-refractivity contribution is 6.35. The number of halogens is 1. The molecule has 0 aliphatic carbocycles. The average molecular weight is 372 g/mol. The lowest BCUT2D eigenvalue weighted by molar-refractivity contribution is -0.146. The van der Waals surface area contributed by atoms with Crippen LogP contribution in [0.4, 0.5) is 5.69 Å². The van der Waals surface area contributed by atoms with Crippen molar-refractivity contribution >= 4 is 29.1 Å². The number of rotatable bonds is 3. The number of amides is 2. The summed E-state index contributed by atoms with van der Waals surface area (Å²) in [5.74, 6) is -1.04. The lowest BCUT2D eigenvalue weighted by Crippen LogP contribution is -2.52. The van der Waals surface area contributed by atoms with E-state index in [-0.39, 0.29) is 0 Å². The fourth-order valence-corrected chi connectivity index (χ4v) is 3.12. The van der Waals surface area contributed by atoms with Crippen molar-refractivity contribution in [3.63, 3.8) is 0 Å². The van der Waals surface area contributed by atoms with Crippen LogP contribution in [-0.4, -0.2) is 42.9 Å². The number of nitrogens with one attached hydrogen (secondary N) is 1. The van der Waals surface area contributed by atoms with E-state index in [1.165, 1.54) is 5.56 Å². The summed E-state index contributed by atoms with van der Waals surface area (Å²) in [7, 11) is 0. The molecule has 3 rings (SSSR count). The van der Waals surface area contributed by atoms with Crippen LogP contribution in [0.1, 0.15) is 11.1 Å². The van der Waals surface area contributed by atoms with Gasteiger partial charge in [-0.05, 0) is 42.3 Å². The topological polar surface area (TPSA) is 52.7 Å². The second-order valence-electron chi connectivity index (χ2n) is 6.43. The van der Waals surface area contributed by atoms with Crippen LogP contribution in [0.15, 0.2) is 48.5 Å². The van der Waals surface area contributed by atoms with Gasteiger partial charge in [-0.25, -0.2) is 0 Å². The summed E-state index contributed by atoms with van der Waals surface area (Å²) in [6.45, 7) is 4.90. The molecule has 0 spiro atoms. The molecule has 2 aromatic carbocycles. The normalized spacial score (nSPS) is 14.2. The van der Waals surface area contributed by atoms with E-state index in [1.54, 1.807) is 17.0 Å². The first kappa shape index (κ1) is 18.3. The highest BCUT2D eigenvalue weighted by atomic mass is 35.5. The van der Waals surface area contributed by atoms with Gasteiger partial charge in [0, 0.05) is 43.4 Å². The Hall–Kier alpha value is -2.53. The molecule has 26 heavy (non-hydrogen) atoms. The summed E-state index contributed by atoms with van der Waals surface area (Å²) < 4.78 is 0. The van der Waals surface area contributed by atoms with Crippen LogP contribution < -0.4 is 10.2 Å². The summed E-state index contributed by atoms with van der Waals surface area (Å²) in [4.78, 5) is 28.3. The molecule has 1 aliphatic heterocycles. The summed E-state index contributed by atoms with van der Waals surface area (Å²) in [5, 5.41) is 3.32. The monoisotopic (exact) mass is 371 g/mol. The standard InChI is InChI=1S/C20H22ClN3O2/c1-15-3-2-4-18(13-15)23-9-11-24(12-10-23)20(26)19(25)22-14-16-5-7-17(21)8-6-16/h2-8,13H,9-12,14H2,1H3,(H,22,25). The van der Waals surface area contributed by atoms with Gasteiger partial charge >= 0.3 is 11.8 Å². The maximum absolute atomic E-state index is 12.3. The maximum Gasteiger partial charge on any atom is 0.312 e. The second-order valence-corrected chi connectivity index (χ2v) is 6.86. The molecule has 0 bridgehead atoms. The highest BCUT2D eigenvalue weighted by Crippen LogP contribution is 2.17. The number of anilines is 1. The molecule has 0 unspecified atom stereocenters. The van der Waals surface area contributed by atoms with Crippen LogP contribution in [0.25, 0.3) is 0 Å². The van der Waals surface area contributed by atoms with E-state index in [0.717, 1.165) is 24.3 Å². The fourth-order valence-electron chi connectivity index (χ4n) is 3.00. The molecule has 1 saturated heterocycles. The molecular formula is C20H22ClN3O2. The van der Waals surface area contributed by atoms with Crippen LogP contribution in [0, 0.1) is 6.92 Å². The van der Waals surface area contributed by atoms with Gasteiger partial charge in [-0.2, -0.15) is 0 Å². The molecule has 0 radical (unpaired) electrons. The molecule has 0 aromatic heterocycles. The van der Waals surface area contributed by atoms with Crippen molar-refractivity contribution in [2.75, 3.05) is 31.1 Å². The predicted octanol–water partition coefficient (Wildman–Crippen LogP) is 2.61. The molecule has 2 aromatic rings. The van der Waals surface area contributed by atoms with Gasteiger partial charge in [0.25, 0.3) is 0 Å². The van der Waals surface area contributed by atoms with Gasteiger partial charge in [-0.15, -0.1) is 0 Å². The lowest BCUT2D eigenvalue weighted by Gasteiger charge is -2.35. The first-order valence-electron chi connectivity index (χ1n) is 8.66. The zero-order chi connectivity index (χ0) is 18.5. The number of aryl methyl sites for hydroxylation is 1. The van der Waals surface area contributed by atoms with Crippen LogP contribution >= 0.6 is 11.6 Å². The maximum atomic E-state index is 12.3. The Morgan fingerprint density at radius 2 is 1.73 bits per heavy atom. The highest BCUT2D eigenvalue weighted by Gasteiger charge is 2.25. The molecule has 2 amide bonds. The van der Waals surface area contributed by atoms with Gasteiger partial charge in [-0.1, -0.05) is 35.9 Å². The molecule has 0 saturated carbocycles. The number of piperazine rings is 1. The van der Waals surface area contributed by atoms with Gasteiger partial charge in [0.05, 0.1) is 0 Å². The first-order chi connectivity index (χ1) is 12.5.